The van der Waals surface area contributed by atoms with Crippen LogP contribution in [0.3, 0.4) is 0 Å². The number of benzene rings is 2. The zero-order valence-electron chi connectivity index (χ0n) is 20.1. The van der Waals surface area contributed by atoms with Crippen molar-refractivity contribution in [1.29, 1.82) is 0 Å². The van der Waals surface area contributed by atoms with E-state index in [4.69, 9.17) is 5.10 Å². The van der Waals surface area contributed by atoms with Gasteiger partial charge in [0, 0.05) is 63.1 Å². The molecular formula is C26H33N5O2S. The number of nitrogens with zero attached hydrogens (tertiary/aromatic N) is 4. The molecule has 1 N–H and O–H groups in total. The smallest absolute Gasteiger partial charge is 0.240 e. The number of aryl methyl sites for hydroxylation is 1. The second-order valence-corrected chi connectivity index (χ2v) is 11.5. The molecule has 6 rings (SSSR count). The lowest BCUT2D eigenvalue weighted by Crippen LogP contribution is -2.56. The Morgan fingerprint density at radius 3 is 2.47 bits per heavy atom. The molecule has 0 saturated carbocycles. The molecule has 3 aromatic rings. The summed E-state index contributed by atoms with van der Waals surface area (Å²) < 4.78 is 30.2. The Hall–Kier alpha value is -2.68. The van der Waals surface area contributed by atoms with Crippen molar-refractivity contribution in [2.24, 2.45) is 13.0 Å². The average molecular weight is 480 g/mol. The van der Waals surface area contributed by atoms with Gasteiger partial charge < -0.3 is 4.90 Å². The molecule has 0 spiro atoms. The largest absolute Gasteiger partial charge is 0.378 e. The Balaban J connectivity index is 1.27. The predicted molar refractivity (Wildman–Crippen MR) is 135 cm³/mol. The van der Waals surface area contributed by atoms with Gasteiger partial charge >= 0.3 is 0 Å². The van der Waals surface area contributed by atoms with Crippen LogP contribution in [0.15, 0.2) is 65.6 Å². The maximum Gasteiger partial charge on any atom is 0.240 e. The van der Waals surface area contributed by atoms with Gasteiger partial charge in [0.2, 0.25) is 10.0 Å². The number of hydrogen-bond donors (Lipinski definition) is 1. The number of fused-ring (bicyclic) bond motifs is 3. The molecule has 3 saturated heterocycles. The average Bonchev–Trinajstić information content (AvgIpc) is 3.25. The second-order valence-electron chi connectivity index (χ2n) is 9.72. The van der Waals surface area contributed by atoms with Crippen LogP contribution in [0.1, 0.15) is 24.5 Å². The quantitative estimate of drug-likeness (QED) is 0.563. The highest BCUT2D eigenvalue weighted by Crippen LogP contribution is 2.42. The van der Waals surface area contributed by atoms with E-state index >= 15 is 0 Å². The summed E-state index contributed by atoms with van der Waals surface area (Å²) in [4.78, 5) is 4.87. The highest BCUT2D eigenvalue weighted by Gasteiger charge is 2.42. The summed E-state index contributed by atoms with van der Waals surface area (Å²) in [5.41, 5.74) is 4.57. The van der Waals surface area contributed by atoms with Crippen LogP contribution in [0, 0.1) is 5.92 Å². The minimum Gasteiger partial charge on any atom is -0.378 e. The standard InChI is InChI=1S/C26H33N5O2S/c1-29(2)21-11-9-19(10-12-21)25-16-26(30(3)28-25)24-18-31-14-13-20(24)15-22(31)17-27-34(32,33)23-7-5-4-6-8-23/h4-12,16,20,22,24,27H,13-15,17-18H2,1-3H3/t20-,22+,24+/m0/s1. The van der Waals surface area contributed by atoms with Crippen LogP contribution in [-0.2, 0) is 17.1 Å². The molecule has 0 aliphatic carbocycles. The number of hydrogen-bond acceptors (Lipinski definition) is 5. The number of piperidine rings is 3. The van der Waals surface area contributed by atoms with Gasteiger partial charge in [0.1, 0.15) is 0 Å². The van der Waals surface area contributed by atoms with Crippen molar-refractivity contribution in [2.75, 3.05) is 38.6 Å². The van der Waals surface area contributed by atoms with Gasteiger partial charge in [-0.25, -0.2) is 13.1 Å². The van der Waals surface area contributed by atoms with Crippen molar-refractivity contribution < 1.29 is 8.42 Å². The molecule has 8 heteroatoms. The predicted octanol–water partition coefficient (Wildman–Crippen LogP) is 3.31. The topological polar surface area (TPSA) is 70.5 Å². The highest BCUT2D eigenvalue weighted by molar-refractivity contribution is 7.89. The molecule has 2 bridgehead atoms. The number of sulfonamides is 1. The molecule has 4 atom stereocenters. The Morgan fingerprint density at radius 2 is 1.82 bits per heavy atom. The van der Waals surface area contributed by atoms with E-state index in [0.29, 0.717) is 23.3 Å². The van der Waals surface area contributed by atoms with Gasteiger partial charge in [-0.1, -0.05) is 30.3 Å². The van der Waals surface area contributed by atoms with Crippen LogP contribution in [0.2, 0.25) is 0 Å². The van der Waals surface area contributed by atoms with Crippen molar-refractivity contribution in [3.05, 3.63) is 66.4 Å². The number of rotatable bonds is 7. The lowest BCUT2D eigenvalue weighted by molar-refractivity contribution is 0.0306. The van der Waals surface area contributed by atoms with Gasteiger partial charge in [-0.05, 0) is 55.6 Å². The monoisotopic (exact) mass is 479 g/mol. The summed E-state index contributed by atoms with van der Waals surface area (Å²) in [7, 11) is 2.64. The van der Waals surface area contributed by atoms with E-state index in [9.17, 15) is 8.42 Å². The summed E-state index contributed by atoms with van der Waals surface area (Å²) >= 11 is 0. The molecule has 3 aliphatic heterocycles. The molecule has 3 aliphatic rings. The molecule has 180 valence electrons. The first-order valence-electron chi connectivity index (χ1n) is 11.9. The van der Waals surface area contributed by atoms with Crippen LogP contribution in [0.5, 0.6) is 0 Å². The minimum absolute atomic E-state index is 0.236. The maximum absolute atomic E-state index is 12.7. The van der Waals surface area contributed by atoms with E-state index < -0.39 is 10.0 Å². The third-order valence-electron chi connectivity index (χ3n) is 7.42. The third kappa shape index (κ3) is 4.50. The van der Waals surface area contributed by atoms with Gasteiger partial charge in [0.15, 0.2) is 0 Å². The summed E-state index contributed by atoms with van der Waals surface area (Å²) in [5, 5.41) is 4.83. The fourth-order valence-corrected chi connectivity index (χ4v) is 6.57. The normalized spacial score (nSPS) is 24.3. The van der Waals surface area contributed by atoms with Gasteiger partial charge in [0.05, 0.1) is 10.6 Å². The Labute approximate surface area is 202 Å². The first-order chi connectivity index (χ1) is 16.3. The van der Waals surface area contributed by atoms with Gasteiger partial charge in [-0.3, -0.25) is 9.58 Å². The third-order valence-corrected chi connectivity index (χ3v) is 8.86. The van der Waals surface area contributed by atoms with Crippen LogP contribution in [0.4, 0.5) is 5.69 Å². The second kappa shape index (κ2) is 9.17. The van der Waals surface area contributed by atoms with Gasteiger partial charge in [-0.15, -0.1) is 0 Å². The molecule has 3 fully saturated rings. The van der Waals surface area contributed by atoms with Crippen LogP contribution >= 0.6 is 0 Å². The molecule has 1 aromatic heterocycles. The van der Waals surface area contributed by atoms with Crippen molar-refractivity contribution in [2.45, 2.75) is 29.7 Å². The molecule has 0 amide bonds. The lowest BCUT2D eigenvalue weighted by Gasteiger charge is -2.49. The zero-order chi connectivity index (χ0) is 23.9. The van der Waals surface area contributed by atoms with E-state index in [1.165, 1.54) is 11.4 Å². The van der Waals surface area contributed by atoms with E-state index in [0.717, 1.165) is 37.2 Å². The van der Waals surface area contributed by atoms with Crippen LogP contribution in [-0.4, -0.2) is 62.9 Å². The molecule has 34 heavy (non-hydrogen) atoms. The summed E-state index contributed by atoms with van der Waals surface area (Å²) in [6, 6.07) is 19.6. The highest BCUT2D eigenvalue weighted by atomic mass is 32.2. The van der Waals surface area contributed by atoms with Crippen LogP contribution < -0.4 is 9.62 Å². The summed E-state index contributed by atoms with van der Waals surface area (Å²) in [5.74, 6) is 0.957. The molecule has 1 unspecified atom stereocenters. The molecule has 2 aromatic carbocycles. The van der Waals surface area contributed by atoms with Crippen molar-refractivity contribution in [3.63, 3.8) is 0 Å². The van der Waals surface area contributed by atoms with Crippen molar-refractivity contribution in [3.8, 4) is 11.3 Å². The summed E-state index contributed by atoms with van der Waals surface area (Å²) in [6.07, 6.45) is 2.14. The van der Waals surface area contributed by atoms with E-state index in [1.807, 2.05) is 31.9 Å². The Morgan fingerprint density at radius 1 is 1.09 bits per heavy atom. The van der Waals surface area contributed by atoms with E-state index in [1.54, 1.807) is 24.3 Å². The first-order valence-corrected chi connectivity index (χ1v) is 13.4. The molecule has 7 nitrogen and oxygen atoms in total. The fourth-order valence-electron chi connectivity index (χ4n) is 5.47. The van der Waals surface area contributed by atoms with Gasteiger partial charge in [0.25, 0.3) is 0 Å². The molecular weight excluding hydrogens is 446 g/mol. The van der Waals surface area contributed by atoms with E-state index in [2.05, 4.69) is 44.9 Å². The minimum atomic E-state index is -3.48. The molecule has 4 heterocycles. The molecule has 0 radical (unpaired) electrons. The Kier molecular flexibility index (Phi) is 6.22. The number of nitrogens with one attached hydrogen (secondary N) is 1. The first kappa shape index (κ1) is 23.1. The van der Waals surface area contributed by atoms with Crippen molar-refractivity contribution in [1.82, 2.24) is 19.4 Å². The number of aromatic nitrogens is 2. The van der Waals surface area contributed by atoms with Crippen molar-refractivity contribution >= 4 is 15.7 Å². The number of anilines is 1. The zero-order valence-corrected chi connectivity index (χ0v) is 20.9. The fraction of sp³-hybridized carbons (Fsp3) is 0.423. The van der Waals surface area contributed by atoms with E-state index in [-0.39, 0.29) is 6.04 Å². The van der Waals surface area contributed by atoms with Gasteiger partial charge in [-0.2, -0.15) is 5.10 Å². The van der Waals surface area contributed by atoms with Crippen LogP contribution in [0.25, 0.3) is 11.3 Å². The lowest BCUT2D eigenvalue weighted by atomic mass is 9.74. The maximum atomic E-state index is 12.7. The Bertz CT molecular complexity index is 1240. The SMILES string of the molecule is CN(C)c1ccc(-c2cc([C@@H]3CN4CC[C@H]3C[C@@H]4CNS(=O)(=O)c3ccccc3)n(C)n2)cc1. The summed E-state index contributed by atoms with van der Waals surface area (Å²) in [6.45, 7) is 2.42.